The molecule has 5 rings (SSSR count). The first kappa shape index (κ1) is 30.2. The third-order valence-electron chi connectivity index (χ3n) is 7.10. The molecule has 1 aliphatic rings. The van der Waals surface area contributed by atoms with E-state index in [2.05, 4.69) is 11.1 Å². The summed E-state index contributed by atoms with van der Waals surface area (Å²) in [5.74, 6) is -0.125. The Morgan fingerprint density at radius 2 is 1.67 bits per heavy atom. The summed E-state index contributed by atoms with van der Waals surface area (Å²) in [6.45, 7) is 0.157. The van der Waals surface area contributed by atoms with Gasteiger partial charge in [0.1, 0.15) is 0 Å². The van der Waals surface area contributed by atoms with Crippen LogP contribution in [-0.4, -0.2) is 57.4 Å². The Labute approximate surface area is 230 Å². The van der Waals surface area contributed by atoms with Gasteiger partial charge in [-0.15, -0.1) is 0 Å². The van der Waals surface area contributed by atoms with Gasteiger partial charge >= 0.3 is 0 Å². The molecule has 0 saturated heterocycles. The van der Waals surface area contributed by atoms with Gasteiger partial charge in [-0.1, -0.05) is 48.5 Å². The topological polar surface area (TPSA) is 144 Å². The van der Waals surface area contributed by atoms with Crippen LogP contribution in [0, 0.1) is 5.41 Å². The van der Waals surface area contributed by atoms with Gasteiger partial charge in [0.2, 0.25) is 0 Å². The second-order valence-corrected chi connectivity index (χ2v) is 11.6. The Hall–Kier alpha value is -3.37. The fourth-order valence-corrected chi connectivity index (χ4v) is 6.38. The van der Waals surface area contributed by atoms with Crippen molar-refractivity contribution in [3.05, 3.63) is 78.0 Å². The minimum absolute atomic E-state index is 0.125. The number of nitrogens with one attached hydrogen (secondary N) is 2. The van der Waals surface area contributed by atoms with Gasteiger partial charge in [-0.25, -0.2) is 8.42 Å². The van der Waals surface area contributed by atoms with E-state index in [9.17, 15) is 13.2 Å². The number of benzene rings is 3. The second-order valence-electron chi connectivity index (χ2n) is 9.50. The average molecular weight is 550 g/mol. The van der Waals surface area contributed by atoms with Crippen molar-refractivity contribution in [2.45, 2.75) is 49.2 Å². The van der Waals surface area contributed by atoms with Crippen LogP contribution in [0.4, 0.5) is 0 Å². The van der Waals surface area contributed by atoms with Crippen molar-refractivity contribution >= 4 is 44.0 Å². The van der Waals surface area contributed by atoms with Crippen LogP contribution in [0.25, 0.3) is 21.7 Å². The lowest BCUT2D eigenvalue weighted by atomic mass is 9.92. The molecule has 1 aromatic heterocycles. The van der Waals surface area contributed by atoms with Crippen molar-refractivity contribution in [1.82, 2.24) is 9.88 Å². The second kappa shape index (κ2) is 14.1. The van der Waals surface area contributed by atoms with Crippen LogP contribution in [0.5, 0.6) is 0 Å². The Balaban J connectivity index is 0.000000322. The molecular formula is C30H39N5O3S. The summed E-state index contributed by atoms with van der Waals surface area (Å²) in [5, 5.41) is 13.1. The molecule has 0 spiro atoms. The van der Waals surface area contributed by atoms with Gasteiger partial charge in [0.05, 0.1) is 16.3 Å². The maximum Gasteiger partial charge on any atom is 0.180 e. The summed E-state index contributed by atoms with van der Waals surface area (Å²) in [6.07, 6.45) is 6.88. The standard InChI is InChI=1S/C22H18N2O3S.C7H16N2.CH5N/c23-14-16-8-9-18-13-19(15-25)24(21(18)12-16)10-11-28(26,27)22-7-3-5-17-4-1-2-6-20(17)22;1-9-7-4-2-6(8)3-5-7;1-2/h1-9,12-15,23H,10-11H2;6-7,9H,2-5,8H2,1H3;2H2,1H3. The molecule has 1 heterocycles. The molecule has 4 aromatic rings. The van der Waals surface area contributed by atoms with E-state index in [0.29, 0.717) is 27.6 Å². The smallest absolute Gasteiger partial charge is 0.180 e. The van der Waals surface area contributed by atoms with Gasteiger partial charge < -0.3 is 26.8 Å². The van der Waals surface area contributed by atoms with Crippen molar-refractivity contribution in [3.8, 4) is 0 Å². The molecule has 0 atom stereocenters. The molecule has 8 nitrogen and oxygen atoms in total. The molecular weight excluding hydrogens is 510 g/mol. The zero-order valence-electron chi connectivity index (χ0n) is 22.6. The highest BCUT2D eigenvalue weighted by molar-refractivity contribution is 7.91. The van der Waals surface area contributed by atoms with Gasteiger partial charge in [-0.05, 0) is 68.9 Å². The molecule has 0 radical (unpaired) electrons. The molecule has 3 aromatic carbocycles. The maximum atomic E-state index is 13.1. The number of nitrogens with zero attached hydrogens (tertiary/aromatic N) is 1. The molecule has 0 amide bonds. The van der Waals surface area contributed by atoms with E-state index in [0.717, 1.165) is 28.6 Å². The zero-order chi connectivity index (χ0) is 28.4. The van der Waals surface area contributed by atoms with Crippen molar-refractivity contribution in [3.63, 3.8) is 0 Å². The van der Waals surface area contributed by atoms with E-state index in [1.807, 2.05) is 37.4 Å². The highest BCUT2D eigenvalue weighted by Gasteiger charge is 2.19. The lowest BCUT2D eigenvalue weighted by molar-refractivity contribution is 0.111. The molecule has 0 bridgehead atoms. The van der Waals surface area contributed by atoms with Crippen LogP contribution >= 0.6 is 0 Å². The van der Waals surface area contributed by atoms with Gasteiger partial charge in [-0.2, -0.15) is 0 Å². The highest BCUT2D eigenvalue weighted by Crippen LogP contribution is 2.25. The van der Waals surface area contributed by atoms with Crippen LogP contribution in [0.3, 0.4) is 0 Å². The number of aromatic nitrogens is 1. The normalized spacial score (nSPS) is 17.0. The number of carbonyl (C=O) groups is 1. The molecule has 0 unspecified atom stereocenters. The fourth-order valence-electron chi connectivity index (χ4n) is 4.93. The lowest BCUT2D eigenvalue weighted by Gasteiger charge is -2.25. The number of nitrogens with two attached hydrogens (primary N) is 2. The summed E-state index contributed by atoms with van der Waals surface area (Å²) in [6, 6.07) is 21.0. The van der Waals surface area contributed by atoms with E-state index in [1.54, 1.807) is 41.0 Å². The van der Waals surface area contributed by atoms with Gasteiger partial charge in [0, 0.05) is 41.1 Å². The molecule has 1 aliphatic carbocycles. The lowest BCUT2D eigenvalue weighted by Crippen LogP contribution is -2.35. The first-order valence-corrected chi connectivity index (χ1v) is 14.8. The molecule has 9 heteroatoms. The van der Waals surface area contributed by atoms with Crippen molar-refractivity contribution in [2.75, 3.05) is 19.8 Å². The van der Waals surface area contributed by atoms with E-state index < -0.39 is 9.84 Å². The quantitative estimate of drug-likeness (QED) is 0.202. The predicted octanol–water partition coefficient (Wildman–Crippen LogP) is 4.13. The van der Waals surface area contributed by atoms with Crippen molar-refractivity contribution < 1.29 is 13.2 Å². The van der Waals surface area contributed by atoms with E-state index in [1.165, 1.54) is 38.9 Å². The summed E-state index contributed by atoms with van der Waals surface area (Å²) in [7, 11) is -0.0246. The minimum atomic E-state index is -3.55. The number of rotatable bonds is 7. The number of carbonyl (C=O) groups excluding carboxylic acids is 1. The van der Waals surface area contributed by atoms with Crippen LogP contribution in [-0.2, 0) is 16.4 Å². The number of hydrogen-bond donors (Lipinski definition) is 4. The maximum absolute atomic E-state index is 13.1. The molecule has 0 aliphatic heterocycles. The number of fused-ring (bicyclic) bond motifs is 2. The first-order valence-electron chi connectivity index (χ1n) is 13.2. The van der Waals surface area contributed by atoms with Crippen LogP contribution in [0.15, 0.2) is 71.6 Å². The zero-order valence-corrected chi connectivity index (χ0v) is 23.5. The Kier molecular flexibility index (Phi) is 10.9. The predicted molar refractivity (Wildman–Crippen MR) is 161 cm³/mol. The van der Waals surface area contributed by atoms with E-state index >= 15 is 0 Å². The van der Waals surface area contributed by atoms with Crippen molar-refractivity contribution in [1.29, 1.82) is 5.41 Å². The Morgan fingerprint density at radius 3 is 2.33 bits per heavy atom. The molecule has 1 fully saturated rings. The van der Waals surface area contributed by atoms with E-state index in [-0.39, 0.29) is 12.3 Å². The number of aryl methyl sites for hydroxylation is 1. The fraction of sp³-hybridized carbons (Fsp3) is 0.333. The molecule has 1 saturated carbocycles. The number of hydrogen-bond acceptors (Lipinski definition) is 7. The van der Waals surface area contributed by atoms with Crippen molar-refractivity contribution in [2.24, 2.45) is 11.5 Å². The largest absolute Gasteiger partial charge is 0.337 e. The van der Waals surface area contributed by atoms with E-state index in [4.69, 9.17) is 11.1 Å². The minimum Gasteiger partial charge on any atom is -0.337 e. The highest BCUT2D eigenvalue weighted by atomic mass is 32.2. The third kappa shape index (κ3) is 7.39. The number of aldehydes is 1. The third-order valence-corrected chi connectivity index (χ3v) is 8.84. The van der Waals surface area contributed by atoms with Gasteiger partial charge in [0.25, 0.3) is 0 Å². The SMILES string of the molecule is CN.CNC1CCC(N)CC1.N=Cc1ccc2cc(C=O)n(CCS(=O)(=O)c3cccc4ccccc34)c2c1. The summed E-state index contributed by atoms with van der Waals surface area (Å²) < 4.78 is 27.8. The Bertz CT molecular complexity index is 1500. The van der Waals surface area contributed by atoms with Gasteiger partial charge in [-0.3, -0.25) is 4.79 Å². The van der Waals surface area contributed by atoms with Crippen LogP contribution in [0.2, 0.25) is 0 Å². The average Bonchev–Trinajstić information content (AvgIpc) is 3.34. The molecule has 39 heavy (non-hydrogen) atoms. The Morgan fingerprint density at radius 1 is 0.974 bits per heavy atom. The summed E-state index contributed by atoms with van der Waals surface area (Å²) >= 11 is 0. The summed E-state index contributed by atoms with van der Waals surface area (Å²) in [5.41, 5.74) is 12.1. The summed E-state index contributed by atoms with van der Waals surface area (Å²) in [4.78, 5) is 11.8. The van der Waals surface area contributed by atoms with Gasteiger partial charge in [0.15, 0.2) is 16.1 Å². The first-order chi connectivity index (χ1) is 18.9. The molecule has 208 valence electrons. The molecule has 6 N–H and O–H groups in total. The number of sulfone groups is 1. The van der Waals surface area contributed by atoms with Crippen LogP contribution < -0.4 is 16.8 Å². The monoisotopic (exact) mass is 549 g/mol. The van der Waals surface area contributed by atoms with Crippen LogP contribution in [0.1, 0.15) is 41.7 Å².